The van der Waals surface area contributed by atoms with Gasteiger partial charge >= 0.3 is 0 Å². The number of hydrogen-bond donors (Lipinski definition) is 0. The lowest BCUT2D eigenvalue weighted by atomic mass is 10.3. The van der Waals surface area contributed by atoms with Gasteiger partial charge in [0.2, 0.25) is 5.91 Å². The zero-order valence-electron chi connectivity index (χ0n) is 17.3. The van der Waals surface area contributed by atoms with E-state index >= 15 is 0 Å². The van der Waals surface area contributed by atoms with E-state index < -0.39 is 0 Å². The summed E-state index contributed by atoms with van der Waals surface area (Å²) in [6.07, 6.45) is 3.35. The molecule has 0 radical (unpaired) electrons. The van der Waals surface area contributed by atoms with Crippen LogP contribution >= 0.6 is 11.3 Å². The molecule has 2 aliphatic rings. The molecule has 2 aromatic rings. The SMILES string of the molecule is O=C(CN1CCCN(Cc2csc(COc3ccc(F)cc3)n2)CC1)N1CCCC1. The molecule has 2 fully saturated rings. The van der Waals surface area contributed by atoms with Gasteiger partial charge in [-0.1, -0.05) is 0 Å². The smallest absolute Gasteiger partial charge is 0.236 e. The molecule has 3 heterocycles. The third-order valence-corrected chi connectivity index (χ3v) is 6.53. The van der Waals surface area contributed by atoms with Gasteiger partial charge in [-0.3, -0.25) is 14.6 Å². The third kappa shape index (κ3) is 6.00. The molecule has 4 rings (SSSR count). The first-order valence-corrected chi connectivity index (χ1v) is 11.6. The molecule has 0 saturated carbocycles. The van der Waals surface area contributed by atoms with Gasteiger partial charge in [-0.15, -0.1) is 11.3 Å². The van der Waals surface area contributed by atoms with Gasteiger partial charge in [0.15, 0.2) is 0 Å². The van der Waals surface area contributed by atoms with Crippen LogP contribution in [0.5, 0.6) is 5.75 Å². The summed E-state index contributed by atoms with van der Waals surface area (Å²) in [4.78, 5) is 23.8. The van der Waals surface area contributed by atoms with Crippen molar-refractivity contribution in [3.63, 3.8) is 0 Å². The van der Waals surface area contributed by atoms with Crippen LogP contribution in [0.1, 0.15) is 30.0 Å². The molecule has 1 aromatic carbocycles. The van der Waals surface area contributed by atoms with Crippen molar-refractivity contribution >= 4 is 17.2 Å². The second-order valence-corrected chi connectivity index (χ2v) is 8.91. The monoisotopic (exact) mass is 432 g/mol. The number of ether oxygens (including phenoxy) is 1. The fourth-order valence-corrected chi connectivity index (χ4v) is 4.69. The minimum absolute atomic E-state index is 0.268. The van der Waals surface area contributed by atoms with E-state index in [9.17, 15) is 9.18 Å². The predicted molar refractivity (Wildman–Crippen MR) is 115 cm³/mol. The summed E-state index contributed by atoms with van der Waals surface area (Å²) in [7, 11) is 0. The van der Waals surface area contributed by atoms with Crippen LogP contribution in [0.4, 0.5) is 4.39 Å². The number of nitrogens with zero attached hydrogens (tertiary/aromatic N) is 4. The van der Waals surface area contributed by atoms with Crippen molar-refractivity contribution < 1.29 is 13.9 Å². The van der Waals surface area contributed by atoms with Gasteiger partial charge in [-0.25, -0.2) is 9.37 Å². The lowest BCUT2D eigenvalue weighted by Gasteiger charge is -2.23. The number of carbonyl (C=O) groups excluding carboxylic acids is 1. The minimum atomic E-state index is -0.268. The summed E-state index contributed by atoms with van der Waals surface area (Å²) in [5.41, 5.74) is 1.05. The number of amides is 1. The summed E-state index contributed by atoms with van der Waals surface area (Å²) in [5.74, 6) is 0.658. The Bertz CT molecular complexity index is 823. The number of thiazole rings is 1. The molecule has 0 atom stereocenters. The highest BCUT2D eigenvalue weighted by molar-refractivity contribution is 7.09. The maximum absolute atomic E-state index is 13.0. The van der Waals surface area contributed by atoms with Crippen LogP contribution < -0.4 is 4.74 Å². The van der Waals surface area contributed by atoms with Crippen molar-refractivity contribution in [1.82, 2.24) is 19.7 Å². The topological polar surface area (TPSA) is 48.9 Å². The number of likely N-dealkylation sites (tertiary alicyclic amines) is 1. The number of aromatic nitrogens is 1. The van der Waals surface area contributed by atoms with Crippen molar-refractivity contribution in [2.24, 2.45) is 0 Å². The molecular formula is C22H29FN4O2S. The van der Waals surface area contributed by atoms with Crippen LogP contribution in [0.25, 0.3) is 0 Å². The fraction of sp³-hybridized carbons (Fsp3) is 0.545. The highest BCUT2D eigenvalue weighted by Crippen LogP contribution is 2.17. The van der Waals surface area contributed by atoms with Crippen molar-refractivity contribution in [3.8, 4) is 5.75 Å². The normalized spacial score (nSPS) is 18.5. The lowest BCUT2D eigenvalue weighted by molar-refractivity contribution is -0.131. The van der Waals surface area contributed by atoms with Crippen LogP contribution in [0.3, 0.4) is 0 Å². The number of hydrogen-bond acceptors (Lipinski definition) is 6. The first kappa shape index (κ1) is 21.2. The molecule has 2 aliphatic heterocycles. The molecule has 0 spiro atoms. The van der Waals surface area contributed by atoms with Crippen molar-refractivity contribution in [1.29, 1.82) is 0 Å². The summed E-state index contributed by atoms with van der Waals surface area (Å²) in [5, 5.41) is 3.00. The number of benzene rings is 1. The van der Waals surface area contributed by atoms with Gasteiger partial charge in [0.25, 0.3) is 0 Å². The first-order chi connectivity index (χ1) is 14.7. The molecule has 2 saturated heterocycles. The quantitative estimate of drug-likeness (QED) is 0.673. The van der Waals surface area contributed by atoms with Crippen LogP contribution in [-0.4, -0.2) is 71.4 Å². The summed E-state index contributed by atoms with van der Waals surface area (Å²) in [6, 6.07) is 6.04. The minimum Gasteiger partial charge on any atom is -0.486 e. The average Bonchev–Trinajstić information content (AvgIpc) is 3.39. The Morgan fingerprint density at radius 3 is 2.53 bits per heavy atom. The Labute approximate surface area is 181 Å². The van der Waals surface area contributed by atoms with E-state index in [-0.39, 0.29) is 11.7 Å². The number of carbonyl (C=O) groups is 1. The summed E-state index contributed by atoms with van der Waals surface area (Å²) < 4.78 is 18.7. The molecule has 0 unspecified atom stereocenters. The van der Waals surface area contributed by atoms with Gasteiger partial charge in [-0.05, 0) is 56.6 Å². The van der Waals surface area contributed by atoms with Gasteiger partial charge in [0.1, 0.15) is 23.2 Å². The molecular weight excluding hydrogens is 403 g/mol. The standard InChI is InChI=1S/C22H29FN4O2S/c23-18-4-6-20(7-5-18)29-16-21-24-19(17-30-21)14-25-8-3-9-26(13-12-25)15-22(28)27-10-1-2-11-27/h4-7,17H,1-3,8-16H2. The first-order valence-electron chi connectivity index (χ1n) is 10.7. The molecule has 0 aliphatic carbocycles. The maximum Gasteiger partial charge on any atom is 0.236 e. The van der Waals surface area contributed by atoms with Crippen molar-refractivity contribution in [2.45, 2.75) is 32.4 Å². The van der Waals surface area contributed by atoms with Crippen LogP contribution in [0, 0.1) is 5.82 Å². The molecule has 6 nitrogen and oxygen atoms in total. The Balaban J connectivity index is 1.22. The van der Waals surface area contributed by atoms with E-state index in [1.54, 1.807) is 23.5 Å². The molecule has 1 amide bonds. The Hall–Kier alpha value is -2.03. The van der Waals surface area contributed by atoms with E-state index in [2.05, 4.69) is 15.2 Å². The van der Waals surface area contributed by atoms with E-state index in [1.165, 1.54) is 12.1 Å². The molecule has 1 aromatic heterocycles. The fourth-order valence-electron chi connectivity index (χ4n) is 3.99. The van der Waals surface area contributed by atoms with E-state index in [0.717, 1.165) is 75.8 Å². The highest BCUT2D eigenvalue weighted by Gasteiger charge is 2.22. The van der Waals surface area contributed by atoms with Gasteiger partial charge in [0.05, 0.1) is 12.2 Å². The summed E-state index contributed by atoms with van der Waals surface area (Å²) >= 11 is 1.59. The van der Waals surface area contributed by atoms with Crippen molar-refractivity contribution in [2.75, 3.05) is 45.8 Å². The van der Waals surface area contributed by atoms with Crippen LogP contribution in [0.2, 0.25) is 0 Å². The zero-order valence-corrected chi connectivity index (χ0v) is 18.1. The van der Waals surface area contributed by atoms with Crippen LogP contribution in [-0.2, 0) is 17.9 Å². The molecule has 0 bridgehead atoms. The van der Waals surface area contributed by atoms with Gasteiger partial charge < -0.3 is 9.64 Å². The van der Waals surface area contributed by atoms with Crippen molar-refractivity contribution in [3.05, 3.63) is 46.2 Å². The lowest BCUT2D eigenvalue weighted by Crippen LogP contribution is -2.40. The van der Waals surface area contributed by atoms with E-state index in [1.807, 2.05) is 4.90 Å². The molecule has 0 N–H and O–H groups in total. The Kier molecular flexibility index (Phi) is 7.30. The average molecular weight is 433 g/mol. The zero-order chi connectivity index (χ0) is 20.8. The van der Waals surface area contributed by atoms with Gasteiger partial charge in [-0.2, -0.15) is 0 Å². The largest absolute Gasteiger partial charge is 0.486 e. The predicted octanol–water partition coefficient (Wildman–Crippen LogP) is 2.99. The van der Waals surface area contributed by atoms with Gasteiger partial charge in [0, 0.05) is 38.1 Å². The summed E-state index contributed by atoms with van der Waals surface area (Å²) in [6.45, 7) is 7.48. The highest BCUT2D eigenvalue weighted by atomic mass is 32.1. The van der Waals surface area contributed by atoms with Crippen LogP contribution in [0.15, 0.2) is 29.6 Å². The Morgan fingerprint density at radius 2 is 1.73 bits per heavy atom. The second-order valence-electron chi connectivity index (χ2n) is 7.97. The molecule has 30 heavy (non-hydrogen) atoms. The van der Waals surface area contributed by atoms with E-state index in [4.69, 9.17) is 9.72 Å². The second kappa shape index (κ2) is 10.3. The maximum atomic E-state index is 13.0. The molecule has 162 valence electrons. The number of rotatable bonds is 7. The third-order valence-electron chi connectivity index (χ3n) is 5.66. The van der Waals surface area contributed by atoms with E-state index in [0.29, 0.717) is 18.9 Å². The number of halogens is 1. The molecule has 8 heteroatoms. The Morgan fingerprint density at radius 1 is 1.00 bits per heavy atom.